The van der Waals surface area contributed by atoms with Crippen molar-refractivity contribution in [3.63, 3.8) is 0 Å². The van der Waals surface area contributed by atoms with Gasteiger partial charge in [-0.2, -0.15) is 0 Å². The monoisotopic (exact) mass is 411 g/mol. The van der Waals surface area contributed by atoms with Crippen LogP contribution >= 0.6 is 0 Å². The van der Waals surface area contributed by atoms with Crippen LogP contribution in [0.15, 0.2) is 24.3 Å². The number of aryl methyl sites for hydroxylation is 1. The number of nitrogens with zero attached hydrogens (tertiary/aromatic N) is 5. The molecule has 3 heterocycles. The predicted octanol–water partition coefficient (Wildman–Crippen LogP) is 1.64. The molecule has 0 aliphatic carbocycles. The van der Waals surface area contributed by atoms with E-state index in [2.05, 4.69) is 14.8 Å². The summed E-state index contributed by atoms with van der Waals surface area (Å²) >= 11 is 0. The minimum Gasteiger partial charge on any atom is -0.496 e. The van der Waals surface area contributed by atoms with Gasteiger partial charge in [-0.15, -0.1) is 10.2 Å². The van der Waals surface area contributed by atoms with Gasteiger partial charge >= 0.3 is 0 Å². The van der Waals surface area contributed by atoms with Crippen LogP contribution in [0.5, 0.6) is 5.75 Å². The number of para-hydroxylation sites is 1. The molecule has 2 aliphatic heterocycles. The first-order valence-electron chi connectivity index (χ1n) is 10.6. The lowest BCUT2D eigenvalue weighted by Gasteiger charge is -2.19. The third kappa shape index (κ3) is 4.17. The molecular formula is C22H29N5O3. The Kier molecular flexibility index (Phi) is 6.01. The number of amides is 2. The molecule has 0 radical (unpaired) electrons. The lowest BCUT2D eigenvalue weighted by atomic mass is 10.1. The predicted molar refractivity (Wildman–Crippen MR) is 111 cm³/mol. The highest BCUT2D eigenvalue weighted by Gasteiger charge is 2.32. The van der Waals surface area contributed by atoms with Gasteiger partial charge in [-0.25, -0.2) is 0 Å². The molecule has 30 heavy (non-hydrogen) atoms. The average molecular weight is 412 g/mol. The van der Waals surface area contributed by atoms with E-state index in [0.717, 1.165) is 48.9 Å². The van der Waals surface area contributed by atoms with Crippen LogP contribution in [0, 0.1) is 0 Å². The van der Waals surface area contributed by atoms with Crippen molar-refractivity contribution >= 4 is 11.8 Å². The number of aromatic nitrogens is 3. The topological polar surface area (TPSA) is 80.6 Å². The van der Waals surface area contributed by atoms with E-state index in [4.69, 9.17) is 4.74 Å². The van der Waals surface area contributed by atoms with Gasteiger partial charge < -0.3 is 19.1 Å². The fourth-order valence-electron chi connectivity index (χ4n) is 4.47. The van der Waals surface area contributed by atoms with E-state index in [9.17, 15) is 9.59 Å². The number of likely N-dealkylation sites (tertiary alicyclic amines) is 1. The largest absolute Gasteiger partial charge is 0.496 e. The highest BCUT2D eigenvalue weighted by atomic mass is 16.5. The van der Waals surface area contributed by atoms with Crippen LogP contribution in [0.1, 0.15) is 42.9 Å². The van der Waals surface area contributed by atoms with E-state index in [1.807, 2.05) is 34.1 Å². The number of fused-ring (bicyclic) bond motifs is 1. The summed E-state index contributed by atoms with van der Waals surface area (Å²) in [7, 11) is 1.66. The summed E-state index contributed by atoms with van der Waals surface area (Å²) in [5, 5.41) is 8.83. The van der Waals surface area contributed by atoms with Crippen molar-refractivity contribution in [3.8, 4) is 5.75 Å². The molecule has 0 bridgehead atoms. The van der Waals surface area contributed by atoms with Gasteiger partial charge in [-0.1, -0.05) is 18.2 Å². The standard InChI is InChI=1S/C22H29N5O3/c1-16(28)25-12-10-20-23-24-22(27(20)14-13-25)18-9-11-26(15-18)21(29)8-7-17-5-3-4-6-19(17)30-2/h3-6,18H,7-15H2,1-2H3. The quantitative estimate of drug-likeness (QED) is 0.747. The van der Waals surface area contributed by atoms with Crippen molar-refractivity contribution in [2.75, 3.05) is 33.3 Å². The zero-order valence-corrected chi connectivity index (χ0v) is 17.7. The zero-order chi connectivity index (χ0) is 21.1. The number of hydrogen-bond donors (Lipinski definition) is 0. The number of benzene rings is 1. The second kappa shape index (κ2) is 8.85. The van der Waals surface area contributed by atoms with Gasteiger partial charge in [0.15, 0.2) is 0 Å². The first-order valence-corrected chi connectivity index (χ1v) is 10.6. The zero-order valence-electron chi connectivity index (χ0n) is 17.7. The Bertz CT molecular complexity index is 925. The van der Waals surface area contributed by atoms with E-state index in [1.54, 1.807) is 14.0 Å². The molecule has 8 nitrogen and oxygen atoms in total. The van der Waals surface area contributed by atoms with Gasteiger partial charge in [0.25, 0.3) is 0 Å². The van der Waals surface area contributed by atoms with E-state index in [1.165, 1.54) is 0 Å². The van der Waals surface area contributed by atoms with Crippen LogP contribution in [-0.4, -0.2) is 69.7 Å². The molecule has 8 heteroatoms. The summed E-state index contributed by atoms with van der Waals surface area (Å²) in [5.74, 6) is 3.19. The lowest BCUT2D eigenvalue weighted by molar-refractivity contribution is -0.130. The second-order valence-electron chi connectivity index (χ2n) is 8.02. The van der Waals surface area contributed by atoms with Crippen LogP contribution in [0.3, 0.4) is 0 Å². The van der Waals surface area contributed by atoms with Crippen molar-refractivity contribution in [3.05, 3.63) is 41.5 Å². The summed E-state index contributed by atoms with van der Waals surface area (Å²) in [4.78, 5) is 28.3. The van der Waals surface area contributed by atoms with Gasteiger partial charge in [0.2, 0.25) is 11.8 Å². The summed E-state index contributed by atoms with van der Waals surface area (Å²) in [6, 6.07) is 7.84. The van der Waals surface area contributed by atoms with Gasteiger partial charge in [-0.05, 0) is 24.5 Å². The summed E-state index contributed by atoms with van der Waals surface area (Å²) < 4.78 is 7.55. The molecule has 2 aliphatic rings. The number of ether oxygens (including phenoxy) is 1. The van der Waals surface area contributed by atoms with Crippen molar-refractivity contribution in [2.24, 2.45) is 0 Å². The Morgan fingerprint density at radius 2 is 1.93 bits per heavy atom. The summed E-state index contributed by atoms with van der Waals surface area (Å²) in [6.07, 6.45) is 2.76. The number of hydrogen-bond acceptors (Lipinski definition) is 5. The first-order chi connectivity index (χ1) is 14.6. The smallest absolute Gasteiger partial charge is 0.222 e. The lowest BCUT2D eigenvalue weighted by Crippen LogP contribution is -2.31. The van der Waals surface area contributed by atoms with Crippen LogP contribution in [0.2, 0.25) is 0 Å². The molecule has 2 aromatic rings. The van der Waals surface area contributed by atoms with E-state index in [0.29, 0.717) is 32.5 Å². The third-order valence-corrected chi connectivity index (χ3v) is 6.21. The maximum atomic E-state index is 12.8. The molecule has 0 N–H and O–H groups in total. The van der Waals surface area contributed by atoms with Crippen molar-refractivity contribution in [2.45, 2.75) is 45.1 Å². The van der Waals surface area contributed by atoms with Crippen LogP contribution < -0.4 is 4.74 Å². The van der Waals surface area contributed by atoms with Gasteiger partial charge in [-0.3, -0.25) is 9.59 Å². The minimum atomic E-state index is 0.1000. The SMILES string of the molecule is COc1ccccc1CCC(=O)N1CCC(c2nnc3n2CCN(C(C)=O)CC3)C1. The van der Waals surface area contributed by atoms with Gasteiger partial charge in [0.1, 0.15) is 17.4 Å². The van der Waals surface area contributed by atoms with Crippen molar-refractivity contribution < 1.29 is 14.3 Å². The van der Waals surface area contributed by atoms with E-state index >= 15 is 0 Å². The summed E-state index contributed by atoms with van der Waals surface area (Å²) in [5.41, 5.74) is 1.06. The van der Waals surface area contributed by atoms with Crippen molar-refractivity contribution in [1.82, 2.24) is 24.6 Å². The molecule has 1 unspecified atom stereocenters. The number of methoxy groups -OCH3 is 1. The Balaban J connectivity index is 1.37. The highest BCUT2D eigenvalue weighted by molar-refractivity contribution is 5.77. The first kappa shape index (κ1) is 20.4. The average Bonchev–Trinajstić information content (AvgIpc) is 3.34. The number of rotatable bonds is 5. The normalized spacial score (nSPS) is 18.8. The molecule has 1 aromatic heterocycles. The van der Waals surface area contributed by atoms with Crippen LogP contribution in [-0.2, 0) is 29.0 Å². The molecule has 0 saturated carbocycles. The second-order valence-corrected chi connectivity index (χ2v) is 8.02. The molecule has 0 spiro atoms. The number of carbonyl (C=O) groups is 2. The van der Waals surface area contributed by atoms with Crippen LogP contribution in [0.25, 0.3) is 0 Å². The molecule has 160 valence electrons. The summed E-state index contributed by atoms with van der Waals surface area (Å²) in [6.45, 7) is 5.12. The van der Waals surface area contributed by atoms with Crippen LogP contribution in [0.4, 0.5) is 0 Å². The minimum absolute atomic E-state index is 0.1000. The van der Waals surface area contributed by atoms with Gasteiger partial charge in [0.05, 0.1) is 7.11 Å². The highest BCUT2D eigenvalue weighted by Crippen LogP contribution is 2.28. The van der Waals surface area contributed by atoms with Crippen molar-refractivity contribution in [1.29, 1.82) is 0 Å². The molecule has 2 amide bonds. The molecule has 1 atom stereocenters. The fraction of sp³-hybridized carbons (Fsp3) is 0.545. The Morgan fingerprint density at radius 1 is 1.10 bits per heavy atom. The Hall–Kier alpha value is -2.90. The van der Waals surface area contributed by atoms with E-state index in [-0.39, 0.29) is 17.7 Å². The fourth-order valence-corrected chi connectivity index (χ4v) is 4.47. The third-order valence-electron chi connectivity index (χ3n) is 6.21. The maximum Gasteiger partial charge on any atom is 0.222 e. The van der Waals surface area contributed by atoms with E-state index < -0.39 is 0 Å². The Labute approximate surface area is 176 Å². The molecule has 4 rings (SSSR count). The van der Waals surface area contributed by atoms with Gasteiger partial charge in [0, 0.05) is 58.4 Å². The Morgan fingerprint density at radius 3 is 2.73 bits per heavy atom. The molecule has 1 aromatic carbocycles. The number of carbonyl (C=O) groups excluding carboxylic acids is 2. The molecule has 1 fully saturated rings. The maximum absolute atomic E-state index is 12.8. The molecular weight excluding hydrogens is 382 g/mol. The molecule has 1 saturated heterocycles.